The molecule has 0 saturated carbocycles. The standard InChI is InChI=1S/C10H13ClN4OS/c1-5(2)7(9(16)13-3)14-10-6(4-12)8(11)15-17-10/h5,7,14H,1-3H3,(H,13,16). The molecule has 7 heteroatoms. The number of nitrogens with zero attached hydrogens (tertiary/aromatic N) is 2. The quantitative estimate of drug-likeness (QED) is 0.877. The average molecular weight is 273 g/mol. The fourth-order valence-electron chi connectivity index (χ4n) is 1.30. The maximum atomic E-state index is 11.7. The highest BCUT2D eigenvalue weighted by Crippen LogP contribution is 2.28. The number of halogens is 1. The fourth-order valence-corrected chi connectivity index (χ4v) is 2.27. The molecule has 0 aliphatic heterocycles. The number of aromatic nitrogens is 1. The minimum Gasteiger partial charge on any atom is -0.363 e. The number of amides is 1. The summed E-state index contributed by atoms with van der Waals surface area (Å²) in [5.41, 5.74) is 0.284. The molecular weight excluding hydrogens is 260 g/mol. The van der Waals surface area contributed by atoms with E-state index in [1.165, 1.54) is 0 Å². The number of nitrogens with one attached hydrogen (secondary N) is 2. The smallest absolute Gasteiger partial charge is 0.242 e. The number of carbonyl (C=O) groups is 1. The van der Waals surface area contributed by atoms with Crippen LogP contribution >= 0.6 is 23.1 Å². The Bertz CT molecular complexity index is 452. The molecule has 0 radical (unpaired) electrons. The van der Waals surface area contributed by atoms with Crippen LogP contribution in [0, 0.1) is 17.2 Å². The van der Waals surface area contributed by atoms with Crippen LogP contribution in [-0.4, -0.2) is 23.4 Å². The van der Waals surface area contributed by atoms with E-state index in [2.05, 4.69) is 15.0 Å². The molecule has 0 aliphatic rings. The van der Waals surface area contributed by atoms with Crippen molar-refractivity contribution in [3.8, 4) is 6.07 Å². The zero-order valence-corrected chi connectivity index (χ0v) is 11.3. The lowest BCUT2D eigenvalue weighted by Crippen LogP contribution is -2.41. The number of rotatable bonds is 4. The number of hydrogen-bond acceptors (Lipinski definition) is 5. The molecular formula is C10H13ClN4OS. The second kappa shape index (κ2) is 5.84. The van der Waals surface area contributed by atoms with E-state index in [1.807, 2.05) is 19.9 Å². The van der Waals surface area contributed by atoms with E-state index in [9.17, 15) is 4.79 Å². The Morgan fingerprint density at radius 3 is 2.71 bits per heavy atom. The van der Waals surface area contributed by atoms with E-state index in [4.69, 9.17) is 16.9 Å². The van der Waals surface area contributed by atoms with Crippen LogP contribution in [0.25, 0.3) is 0 Å². The highest BCUT2D eigenvalue weighted by Gasteiger charge is 2.23. The van der Waals surface area contributed by atoms with Crippen LogP contribution in [0.1, 0.15) is 19.4 Å². The van der Waals surface area contributed by atoms with Crippen molar-refractivity contribution in [3.05, 3.63) is 10.7 Å². The van der Waals surface area contributed by atoms with Gasteiger partial charge in [0.25, 0.3) is 0 Å². The molecule has 1 atom stereocenters. The van der Waals surface area contributed by atoms with E-state index in [0.29, 0.717) is 5.00 Å². The Hall–Kier alpha value is -1.32. The van der Waals surface area contributed by atoms with Crippen LogP contribution in [-0.2, 0) is 4.79 Å². The van der Waals surface area contributed by atoms with Gasteiger partial charge in [0.05, 0.1) is 0 Å². The molecule has 1 aromatic rings. The topological polar surface area (TPSA) is 77.8 Å². The molecule has 0 saturated heterocycles. The van der Waals surface area contributed by atoms with Gasteiger partial charge in [-0.15, -0.1) is 0 Å². The molecule has 0 spiro atoms. The minimum absolute atomic E-state index is 0.0855. The van der Waals surface area contributed by atoms with Gasteiger partial charge >= 0.3 is 0 Å². The highest BCUT2D eigenvalue weighted by atomic mass is 35.5. The molecule has 17 heavy (non-hydrogen) atoms. The summed E-state index contributed by atoms with van der Waals surface area (Å²) in [5.74, 6) is -0.0456. The maximum Gasteiger partial charge on any atom is 0.242 e. The molecule has 1 unspecified atom stereocenters. The lowest BCUT2D eigenvalue weighted by atomic mass is 10.0. The third kappa shape index (κ3) is 3.08. The van der Waals surface area contributed by atoms with Crippen LogP contribution in [0.2, 0.25) is 5.15 Å². The van der Waals surface area contributed by atoms with E-state index >= 15 is 0 Å². The van der Waals surface area contributed by atoms with Crippen LogP contribution in [0.3, 0.4) is 0 Å². The van der Waals surface area contributed by atoms with Crippen molar-refractivity contribution in [2.24, 2.45) is 5.92 Å². The first-order valence-electron chi connectivity index (χ1n) is 5.04. The van der Waals surface area contributed by atoms with Gasteiger partial charge in [-0.05, 0) is 17.5 Å². The van der Waals surface area contributed by atoms with Gasteiger partial charge in [0, 0.05) is 7.05 Å². The molecule has 2 N–H and O–H groups in total. The predicted molar refractivity (Wildman–Crippen MR) is 68.2 cm³/mol. The zero-order valence-electron chi connectivity index (χ0n) is 9.74. The first-order chi connectivity index (χ1) is 8.01. The largest absolute Gasteiger partial charge is 0.363 e. The van der Waals surface area contributed by atoms with E-state index in [-0.39, 0.29) is 22.5 Å². The second-order valence-electron chi connectivity index (χ2n) is 3.77. The highest BCUT2D eigenvalue weighted by molar-refractivity contribution is 7.10. The van der Waals surface area contributed by atoms with E-state index < -0.39 is 6.04 Å². The Morgan fingerprint density at radius 2 is 2.24 bits per heavy atom. The van der Waals surface area contributed by atoms with Crippen molar-refractivity contribution in [3.63, 3.8) is 0 Å². The van der Waals surface area contributed by atoms with Crippen molar-refractivity contribution in [2.45, 2.75) is 19.9 Å². The molecule has 1 aromatic heterocycles. The van der Waals surface area contributed by atoms with Crippen molar-refractivity contribution in [1.29, 1.82) is 5.26 Å². The third-order valence-corrected chi connectivity index (χ3v) is 3.40. The van der Waals surface area contributed by atoms with Gasteiger partial charge in [0.15, 0.2) is 5.15 Å². The van der Waals surface area contributed by atoms with Crippen LogP contribution < -0.4 is 10.6 Å². The number of nitriles is 1. The molecule has 1 rings (SSSR count). The van der Waals surface area contributed by atoms with Crippen molar-refractivity contribution >= 4 is 34.0 Å². The van der Waals surface area contributed by atoms with Gasteiger partial charge in [-0.25, -0.2) is 0 Å². The monoisotopic (exact) mass is 272 g/mol. The second-order valence-corrected chi connectivity index (χ2v) is 4.90. The van der Waals surface area contributed by atoms with Crippen LogP contribution in [0.15, 0.2) is 0 Å². The summed E-state index contributed by atoms with van der Waals surface area (Å²) >= 11 is 6.84. The number of hydrogen-bond donors (Lipinski definition) is 2. The normalized spacial score (nSPS) is 12.0. The minimum atomic E-state index is -0.413. The molecule has 0 aromatic carbocycles. The molecule has 0 aliphatic carbocycles. The number of likely N-dealkylation sites (N-methyl/N-ethyl adjacent to an activating group) is 1. The van der Waals surface area contributed by atoms with Crippen LogP contribution in [0.5, 0.6) is 0 Å². The Kier molecular flexibility index (Phi) is 4.73. The third-order valence-electron chi connectivity index (χ3n) is 2.24. The lowest BCUT2D eigenvalue weighted by molar-refractivity contribution is -0.122. The van der Waals surface area contributed by atoms with Crippen molar-refractivity contribution in [1.82, 2.24) is 9.69 Å². The lowest BCUT2D eigenvalue weighted by Gasteiger charge is -2.20. The van der Waals surface area contributed by atoms with Gasteiger partial charge in [0.2, 0.25) is 5.91 Å². The SMILES string of the molecule is CNC(=O)C(Nc1snc(Cl)c1C#N)C(C)C. The molecule has 92 valence electrons. The Morgan fingerprint density at radius 1 is 1.59 bits per heavy atom. The summed E-state index contributed by atoms with van der Waals surface area (Å²) in [6, 6.07) is 1.55. The molecule has 1 amide bonds. The molecule has 5 nitrogen and oxygen atoms in total. The van der Waals surface area contributed by atoms with Gasteiger partial charge in [0.1, 0.15) is 22.7 Å². The van der Waals surface area contributed by atoms with Crippen molar-refractivity contribution < 1.29 is 4.79 Å². The van der Waals surface area contributed by atoms with Gasteiger partial charge in [-0.1, -0.05) is 25.4 Å². The predicted octanol–water partition coefficient (Wildman–Crippen LogP) is 1.85. The summed E-state index contributed by atoms with van der Waals surface area (Å²) in [5, 5.41) is 15.2. The number of anilines is 1. The summed E-state index contributed by atoms with van der Waals surface area (Å²) in [4.78, 5) is 11.7. The number of carbonyl (C=O) groups excluding carboxylic acids is 1. The van der Waals surface area contributed by atoms with Crippen molar-refractivity contribution in [2.75, 3.05) is 12.4 Å². The van der Waals surface area contributed by atoms with E-state index in [1.54, 1.807) is 7.05 Å². The van der Waals surface area contributed by atoms with E-state index in [0.717, 1.165) is 11.5 Å². The molecule has 1 heterocycles. The average Bonchev–Trinajstić information content (AvgIpc) is 2.65. The first kappa shape index (κ1) is 13.7. The Labute approximate surface area is 109 Å². The van der Waals surface area contributed by atoms with Crippen LogP contribution in [0.4, 0.5) is 5.00 Å². The van der Waals surface area contributed by atoms with Gasteiger partial charge in [-0.2, -0.15) is 9.64 Å². The summed E-state index contributed by atoms with van der Waals surface area (Å²) in [7, 11) is 1.57. The summed E-state index contributed by atoms with van der Waals surface area (Å²) < 4.78 is 3.88. The summed E-state index contributed by atoms with van der Waals surface area (Å²) in [6.45, 7) is 3.84. The zero-order chi connectivity index (χ0) is 13.0. The van der Waals surface area contributed by atoms with Gasteiger partial charge < -0.3 is 10.6 Å². The van der Waals surface area contributed by atoms with Gasteiger partial charge in [-0.3, -0.25) is 4.79 Å². The molecule has 0 bridgehead atoms. The first-order valence-corrected chi connectivity index (χ1v) is 6.19. The maximum absolute atomic E-state index is 11.7. The summed E-state index contributed by atoms with van der Waals surface area (Å²) in [6.07, 6.45) is 0. The Balaban J connectivity index is 2.95. The fraction of sp³-hybridized carbons (Fsp3) is 0.500. The molecule has 0 fully saturated rings.